The van der Waals surface area contributed by atoms with Gasteiger partial charge in [0.25, 0.3) is 0 Å². The Balaban J connectivity index is 0.00000113. The van der Waals surface area contributed by atoms with Gasteiger partial charge in [-0.1, -0.05) is 80.4 Å². The van der Waals surface area contributed by atoms with Crippen LogP contribution < -0.4 is 0 Å². The minimum absolute atomic E-state index is 0.0582. The lowest BCUT2D eigenvalue weighted by Gasteiger charge is -2.52. The molecule has 0 aliphatic heterocycles. The first-order valence-electron chi connectivity index (χ1n) is 13.5. The Morgan fingerprint density at radius 2 is 1.39 bits per heavy atom. The first-order valence-corrected chi connectivity index (χ1v) is 13.5. The molecule has 0 aromatic rings. The quantitative estimate of drug-likeness (QED) is 0.430. The highest BCUT2D eigenvalue weighted by molar-refractivity contribution is 5.07. The molecule has 3 aliphatic rings. The van der Waals surface area contributed by atoms with Crippen molar-refractivity contribution in [2.45, 2.75) is 119 Å². The summed E-state index contributed by atoms with van der Waals surface area (Å²) < 4.78 is 0. The van der Waals surface area contributed by atoms with Gasteiger partial charge < -0.3 is 10.2 Å². The van der Waals surface area contributed by atoms with Crippen molar-refractivity contribution in [3.63, 3.8) is 0 Å². The number of rotatable bonds is 5. The van der Waals surface area contributed by atoms with Crippen molar-refractivity contribution in [1.29, 1.82) is 0 Å². The summed E-state index contributed by atoms with van der Waals surface area (Å²) in [5, 5.41) is 17.8. The van der Waals surface area contributed by atoms with E-state index >= 15 is 0 Å². The summed E-state index contributed by atoms with van der Waals surface area (Å²) >= 11 is 0. The molecule has 0 spiro atoms. The van der Waals surface area contributed by atoms with E-state index in [4.69, 9.17) is 5.11 Å². The molecule has 3 fully saturated rings. The van der Waals surface area contributed by atoms with E-state index in [-0.39, 0.29) is 11.5 Å². The molecule has 0 bridgehead atoms. The zero-order chi connectivity index (χ0) is 23.8. The van der Waals surface area contributed by atoms with Crippen molar-refractivity contribution in [3.8, 4) is 0 Å². The summed E-state index contributed by atoms with van der Waals surface area (Å²) in [6, 6.07) is 0. The average molecular weight is 437 g/mol. The van der Waals surface area contributed by atoms with Crippen molar-refractivity contribution in [3.05, 3.63) is 12.2 Å². The zero-order valence-electron chi connectivity index (χ0n) is 22.5. The van der Waals surface area contributed by atoms with E-state index in [0.717, 1.165) is 37.2 Å². The molecule has 3 rings (SSSR count). The molecule has 3 saturated carbocycles. The van der Waals surface area contributed by atoms with Crippen LogP contribution in [-0.2, 0) is 0 Å². The molecular formula is C29H56O2. The number of fused-ring (bicyclic) bond motifs is 1. The van der Waals surface area contributed by atoms with Gasteiger partial charge in [0.2, 0.25) is 0 Å². The summed E-state index contributed by atoms with van der Waals surface area (Å²) in [5.74, 6) is 4.60. The van der Waals surface area contributed by atoms with Crippen LogP contribution in [0.15, 0.2) is 12.2 Å². The lowest BCUT2D eigenvalue weighted by atomic mass is 9.54. The summed E-state index contributed by atoms with van der Waals surface area (Å²) in [7, 11) is 1.00. The van der Waals surface area contributed by atoms with Crippen molar-refractivity contribution in [2.24, 2.45) is 46.3 Å². The van der Waals surface area contributed by atoms with Gasteiger partial charge >= 0.3 is 0 Å². The van der Waals surface area contributed by atoms with Crippen molar-refractivity contribution in [1.82, 2.24) is 0 Å². The van der Waals surface area contributed by atoms with Gasteiger partial charge in [-0.25, -0.2) is 0 Å². The first-order chi connectivity index (χ1) is 14.7. The highest BCUT2D eigenvalue weighted by atomic mass is 16.3. The molecular weight excluding hydrogens is 380 g/mol. The van der Waals surface area contributed by atoms with E-state index in [1.54, 1.807) is 0 Å². The maximum Gasteiger partial charge on any atom is 0.0596 e. The van der Waals surface area contributed by atoms with Gasteiger partial charge in [-0.15, -0.1) is 0 Å². The summed E-state index contributed by atoms with van der Waals surface area (Å²) in [5.41, 5.74) is 0.715. The summed E-state index contributed by atoms with van der Waals surface area (Å²) in [6.45, 7) is 18.5. The van der Waals surface area contributed by atoms with E-state index < -0.39 is 0 Å². The Morgan fingerprint density at radius 1 is 0.774 bits per heavy atom. The fourth-order valence-electron chi connectivity index (χ4n) is 7.05. The third-order valence-corrected chi connectivity index (χ3v) is 9.75. The van der Waals surface area contributed by atoms with Crippen LogP contribution in [-0.4, -0.2) is 23.4 Å². The van der Waals surface area contributed by atoms with Crippen molar-refractivity contribution >= 4 is 0 Å². The number of hydrogen-bond donors (Lipinski definition) is 2. The predicted octanol–water partition coefficient (Wildman–Crippen LogP) is 7.88. The second kappa shape index (κ2) is 12.8. The Morgan fingerprint density at radius 3 is 1.97 bits per heavy atom. The number of aliphatic hydroxyl groups excluding tert-OH is 2. The molecule has 8 atom stereocenters. The Kier molecular flexibility index (Phi) is 11.8. The number of hydrogen-bond acceptors (Lipinski definition) is 2. The van der Waals surface area contributed by atoms with Crippen LogP contribution in [0, 0.1) is 46.3 Å². The maximum atomic E-state index is 10.8. The second-order valence-electron chi connectivity index (χ2n) is 11.5. The smallest absolute Gasteiger partial charge is 0.0596 e. The van der Waals surface area contributed by atoms with Crippen molar-refractivity contribution in [2.75, 3.05) is 7.11 Å². The van der Waals surface area contributed by atoms with Crippen LogP contribution >= 0.6 is 0 Å². The minimum atomic E-state index is -0.0582. The molecule has 3 aliphatic carbocycles. The monoisotopic (exact) mass is 436 g/mol. The standard InChI is InChI=1S/C26H46O.C2H6.CH4O/c1-18(2)19(3)10-11-20(4)23-13-12-21-17-22(14-16-25(21,23)5)26(6)15-8-7-9-24(26)27;2*1-2/h10-11,18-24,27H,7-9,12-17H2,1-6H3;1-2H3;2H,1H3/b11-10+;;. The molecule has 31 heavy (non-hydrogen) atoms. The van der Waals surface area contributed by atoms with E-state index in [1.807, 2.05) is 13.8 Å². The Labute approximate surface area is 195 Å². The van der Waals surface area contributed by atoms with Gasteiger partial charge in [0.1, 0.15) is 0 Å². The SMILES string of the molecule is CC.CC(C)C(C)/C=C/C(C)C1CCC2CC(C3(C)CCCCC3O)CCC21C.CO. The van der Waals surface area contributed by atoms with Gasteiger partial charge in [-0.2, -0.15) is 0 Å². The molecule has 0 heterocycles. The van der Waals surface area contributed by atoms with E-state index in [0.29, 0.717) is 17.3 Å². The fraction of sp³-hybridized carbons (Fsp3) is 0.931. The topological polar surface area (TPSA) is 40.5 Å². The molecule has 2 nitrogen and oxygen atoms in total. The molecule has 184 valence electrons. The highest BCUT2D eigenvalue weighted by Gasteiger charge is 2.54. The van der Waals surface area contributed by atoms with Crippen LogP contribution in [0.2, 0.25) is 0 Å². The molecule has 2 heteroatoms. The van der Waals surface area contributed by atoms with Gasteiger partial charge in [0.15, 0.2) is 0 Å². The predicted molar refractivity (Wildman–Crippen MR) is 136 cm³/mol. The number of allylic oxidation sites excluding steroid dienone is 2. The third-order valence-electron chi connectivity index (χ3n) is 9.75. The third kappa shape index (κ3) is 6.38. The van der Waals surface area contributed by atoms with E-state index in [2.05, 4.69) is 53.7 Å². The lowest BCUT2D eigenvalue weighted by Crippen LogP contribution is -2.47. The second-order valence-corrected chi connectivity index (χ2v) is 11.5. The molecule has 0 saturated heterocycles. The molecule has 0 amide bonds. The van der Waals surface area contributed by atoms with Crippen molar-refractivity contribution < 1.29 is 10.2 Å². The van der Waals surface area contributed by atoms with Gasteiger partial charge in [0, 0.05) is 7.11 Å². The van der Waals surface area contributed by atoms with Gasteiger partial charge in [-0.3, -0.25) is 0 Å². The largest absolute Gasteiger partial charge is 0.400 e. The van der Waals surface area contributed by atoms with Crippen LogP contribution in [0.25, 0.3) is 0 Å². The van der Waals surface area contributed by atoms with Crippen LogP contribution in [0.1, 0.15) is 113 Å². The Hall–Kier alpha value is -0.340. The molecule has 0 aromatic heterocycles. The lowest BCUT2D eigenvalue weighted by molar-refractivity contribution is -0.0769. The minimum Gasteiger partial charge on any atom is -0.400 e. The molecule has 0 aromatic carbocycles. The normalized spacial score (nSPS) is 39.7. The first kappa shape index (κ1) is 28.7. The Bertz CT molecular complexity index is 527. The summed E-state index contributed by atoms with van der Waals surface area (Å²) in [6.07, 6.45) is 16.7. The number of aliphatic hydroxyl groups is 2. The van der Waals surface area contributed by atoms with E-state index in [9.17, 15) is 5.11 Å². The van der Waals surface area contributed by atoms with Crippen LogP contribution in [0.5, 0.6) is 0 Å². The van der Waals surface area contributed by atoms with Crippen LogP contribution in [0.4, 0.5) is 0 Å². The van der Waals surface area contributed by atoms with Crippen LogP contribution in [0.3, 0.4) is 0 Å². The fourth-order valence-corrected chi connectivity index (χ4v) is 7.05. The molecule has 8 unspecified atom stereocenters. The molecule has 0 radical (unpaired) electrons. The highest BCUT2D eigenvalue weighted by Crippen LogP contribution is 2.62. The average Bonchev–Trinajstić information content (AvgIpc) is 3.12. The van der Waals surface area contributed by atoms with E-state index in [1.165, 1.54) is 51.4 Å². The van der Waals surface area contributed by atoms with Gasteiger partial charge in [0.05, 0.1) is 6.10 Å². The zero-order valence-corrected chi connectivity index (χ0v) is 22.5. The maximum absolute atomic E-state index is 10.8. The molecule has 2 N–H and O–H groups in total. The summed E-state index contributed by atoms with van der Waals surface area (Å²) in [4.78, 5) is 0. The van der Waals surface area contributed by atoms with Gasteiger partial charge in [-0.05, 0) is 91.3 Å².